The Balaban J connectivity index is 2.43. The predicted molar refractivity (Wildman–Crippen MR) is 59.3 cm³/mol. The molecule has 2 amide bonds. The first kappa shape index (κ1) is 12.8. The molecule has 3 N–H and O–H groups in total. The van der Waals surface area contributed by atoms with Gasteiger partial charge in [-0.15, -0.1) is 0 Å². The molecule has 6 heteroatoms. The first-order valence-corrected chi connectivity index (χ1v) is 5.64. The molecule has 1 aliphatic heterocycles. The number of hydrogen-bond donors (Lipinski definition) is 3. The van der Waals surface area contributed by atoms with Crippen molar-refractivity contribution in [1.29, 1.82) is 0 Å². The quantitative estimate of drug-likeness (QED) is 0.626. The van der Waals surface area contributed by atoms with Gasteiger partial charge in [0, 0.05) is 26.2 Å². The number of carbonyl (C=O) groups is 2. The van der Waals surface area contributed by atoms with E-state index in [1.54, 1.807) is 4.90 Å². The molecule has 0 bridgehead atoms. The minimum absolute atomic E-state index is 0.276. The Morgan fingerprint density at radius 3 is 2.56 bits per heavy atom. The average Bonchev–Trinajstić information content (AvgIpc) is 2.29. The van der Waals surface area contributed by atoms with Gasteiger partial charge < -0.3 is 20.6 Å². The van der Waals surface area contributed by atoms with E-state index in [0.717, 1.165) is 19.5 Å². The molecule has 1 heterocycles. The summed E-state index contributed by atoms with van der Waals surface area (Å²) in [5.41, 5.74) is 0. The van der Waals surface area contributed by atoms with Gasteiger partial charge in [0.1, 0.15) is 6.04 Å². The number of aliphatic carboxylic acids is 1. The SMILES string of the molecule is CCC[C@@H](NC(=O)N1CCNCC1)C(=O)O. The van der Waals surface area contributed by atoms with Gasteiger partial charge in [0.25, 0.3) is 0 Å². The highest BCUT2D eigenvalue weighted by Crippen LogP contribution is 2.00. The second kappa shape index (κ2) is 6.32. The Labute approximate surface area is 95.0 Å². The van der Waals surface area contributed by atoms with Crippen molar-refractivity contribution in [2.75, 3.05) is 26.2 Å². The van der Waals surface area contributed by atoms with Crippen LogP contribution in [0.1, 0.15) is 19.8 Å². The van der Waals surface area contributed by atoms with Gasteiger partial charge in [0.15, 0.2) is 0 Å². The maximum atomic E-state index is 11.7. The number of carbonyl (C=O) groups excluding carboxylic acids is 1. The summed E-state index contributed by atoms with van der Waals surface area (Å²) in [7, 11) is 0. The lowest BCUT2D eigenvalue weighted by atomic mass is 10.2. The second-order valence-corrected chi connectivity index (χ2v) is 3.87. The third kappa shape index (κ3) is 3.69. The van der Waals surface area contributed by atoms with Gasteiger partial charge in [0.05, 0.1) is 0 Å². The molecular formula is C10H19N3O3. The van der Waals surface area contributed by atoms with Crippen LogP contribution in [0.2, 0.25) is 0 Å². The Kier molecular flexibility index (Phi) is 5.04. The zero-order valence-electron chi connectivity index (χ0n) is 9.53. The molecule has 92 valence electrons. The van der Waals surface area contributed by atoms with Crippen molar-refractivity contribution >= 4 is 12.0 Å². The van der Waals surface area contributed by atoms with Crippen LogP contribution in [0.15, 0.2) is 0 Å². The number of rotatable bonds is 4. The minimum Gasteiger partial charge on any atom is -0.480 e. The first-order chi connectivity index (χ1) is 7.65. The van der Waals surface area contributed by atoms with Crippen molar-refractivity contribution in [3.05, 3.63) is 0 Å². The standard InChI is InChI=1S/C10H19N3O3/c1-2-3-8(9(14)15)12-10(16)13-6-4-11-5-7-13/h8,11H,2-7H2,1H3,(H,12,16)(H,14,15)/t8-/m1/s1. The van der Waals surface area contributed by atoms with Crippen molar-refractivity contribution in [3.63, 3.8) is 0 Å². The van der Waals surface area contributed by atoms with Crippen LogP contribution in [0, 0.1) is 0 Å². The van der Waals surface area contributed by atoms with Crippen molar-refractivity contribution < 1.29 is 14.7 Å². The van der Waals surface area contributed by atoms with Crippen molar-refractivity contribution in [2.24, 2.45) is 0 Å². The summed E-state index contributed by atoms with van der Waals surface area (Å²) >= 11 is 0. The average molecular weight is 229 g/mol. The number of amides is 2. The van der Waals surface area contributed by atoms with Gasteiger partial charge in [0.2, 0.25) is 0 Å². The van der Waals surface area contributed by atoms with Crippen LogP contribution in [0.25, 0.3) is 0 Å². The van der Waals surface area contributed by atoms with E-state index >= 15 is 0 Å². The highest BCUT2D eigenvalue weighted by molar-refractivity contribution is 5.82. The monoisotopic (exact) mass is 229 g/mol. The van der Waals surface area contributed by atoms with Crippen LogP contribution >= 0.6 is 0 Å². The van der Waals surface area contributed by atoms with Crippen molar-refractivity contribution in [3.8, 4) is 0 Å². The number of carboxylic acid groups (broad SMARTS) is 1. The zero-order chi connectivity index (χ0) is 12.0. The van der Waals surface area contributed by atoms with Gasteiger partial charge in [-0.05, 0) is 6.42 Å². The lowest BCUT2D eigenvalue weighted by molar-refractivity contribution is -0.139. The molecule has 0 aromatic rings. The van der Waals surface area contributed by atoms with Crippen molar-refractivity contribution in [2.45, 2.75) is 25.8 Å². The molecule has 1 rings (SSSR count). The maximum absolute atomic E-state index is 11.7. The summed E-state index contributed by atoms with van der Waals surface area (Å²) in [6, 6.07) is -1.05. The molecule has 1 saturated heterocycles. The smallest absolute Gasteiger partial charge is 0.326 e. The molecule has 0 aromatic heterocycles. The van der Waals surface area contributed by atoms with Gasteiger partial charge in [-0.1, -0.05) is 13.3 Å². The summed E-state index contributed by atoms with van der Waals surface area (Å²) in [5.74, 6) is -0.967. The molecule has 1 aliphatic rings. The molecular weight excluding hydrogens is 210 g/mol. The van der Waals surface area contributed by atoms with Gasteiger partial charge >= 0.3 is 12.0 Å². The molecule has 0 aliphatic carbocycles. The zero-order valence-corrected chi connectivity index (χ0v) is 9.53. The van der Waals surface area contributed by atoms with E-state index in [9.17, 15) is 9.59 Å². The fourth-order valence-corrected chi connectivity index (χ4v) is 1.65. The number of urea groups is 1. The first-order valence-electron chi connectivity index (χ1n) is 5.64. The normalized spacial score (nSPS) is 17.9. The maximum Gasteiger partial charge on any atom is 0.326 e. The number of nitrogens with one attached hydrogen (secondary N) is 2. The predicted octanol–water partition coefficient (Wildman–Crippen LogP) is -0.145. The fourth-order valence-electron chi connectivity index (χ4n) is 1.65. The summed E-state index contributed by atoms with van der Waals surface area (Å²) in [6.45, 7) is 4.68. The number of hydrogen-bond acceptors (Lipinski definition) is 3. The molecule has 6 nitrogen and oxygen atoms in total. The van der Waals surface area contributed by atoms with E-state index in [0.29, 0.717) is 19.5 Å². The van der Waals surface area contributed by atoms with Crippen LogP contribution < -0.4 is 10.6 Å². The highest BCUT2D eigenvalue weighted by Gasteiger charge is 2.22. The Bertz CT molecular complexity index is 252. The van der Waals surface area contributed by atoms with Gasteiger partial charge in [-0.3, -0.25) is 0 Å². The third-order valence-corrected chi connectivity index (χ3v) is 2.58. The van der Waals surface area contributed by atoms with E-state index in [-0.39, 0.29) is 6.03 Å². The van der Waals surface area contributed by atoms with Crippen LogP contribution in [0.4, 0.5) is 4.79 Å². The Morgan fingerprint density at radius 1 is 1.44 bits per heavy atom. The van der Waals surface area contributed by atoms with Crippen LogP contribution in [0.3, 0.4) is 0 Å². The third-order valence-electron chi connectivity index (χ3n) is 2.58. The van der Waals surface area contributed by atoms with E-state index < -0.39 is 12.0 Å². The molecule has 16 heavy (non-hydrogen) atoms. The lowest BCUT2D eigenvalue weighted by Gasteiger charge is -2.28. The molecule has 0 radical (unpaired) electrons. The van der Waals surface area contributed by atoms with E-state index in [2.05, 4.69) is 10.6 Å². The van der Waals surface area contributed by atoms with Crippen LogP contribution in [-0.2, 0) is 4.79 Å². The second-order valence-electron chi connectivity index (χ2n) is 3.87. The summed E-state index contributed by atoms with van der Waals surface area (Å²) in [4.78, 5) is 24.2. The lowest BCUT2D eigenvalue weighted by Crippen LogP contribution is -2.53. The van der Waals surface area contributed by atoms with E-state index in [1.165, 1.54) is 0 Å². The molecule has 0 unspecified atom stereocenters. The van der Waals surface area contributed by atoms with Crippen LogP contribution in [0.5, 0.6) is 0 Å². The topological polar surface area (TPSA) is 81.7 Å². The van der Waals surface area contributed by atoms with Crippen molar-refractivity contribution in [1.82, 2.24) is 15.5 Å². The number of piperazine rings is 1. The summed E-state index contributed by atoms with van der Waals surface area (Å²) in [5, 5.41) is 14.6. The number of nitrogens with zero attached hydrogens (tertiary/aromatic N) is 1. The molecule has 0 aromatic carbocycles. The molecule has 1 atom stereocenters. The van der Waals surface area contributed by atoms with Crippen LogP contribution in [-0.4, -0.2) is 54.2 Å². The molecule has 0 saturated carbocycles. The summed E-state index contributed by atoms with van der Waals surface area (Å²) < 4.78 is 0. The minimum atomic E-state index is -0.967. The number of carboxylic acids is 1. The highest BCUT2D eigenvalue weighted by atomic mass is 16.4. The Hall–Kier alpha value is -1.30. The molecule has 1 fully saturated rings. The van der Waals surface area contributed by atoms with Gasteiger partial charge in [-0.25, -0.2) is 9.59 Å². The van der Waals surface area contributed by atoms with Gasteiger partial charge in [-0.2, -0.15) is 0 Å². The van der Waals surface area contributed by atoms with E-state index in [1.807, 2.05) is 6.92 Å². The Morgan fingerprint density at radius 2 is 2.06 bits per heavy atom. The fraction of sp³-hybridized carbons (Fsp3) is 0.800. The largest absolute Gasteiger partial charge is 0.480 e. The summed E-state index contributed by atoms with van der Waals surface area (Å²) in [6.07, 6.45) is 1.20. The van der Waals surface area contributed by atoms with E-state index in [4.69, 9.17) is 5.11 Å². The molecule has 0 spiro atoms.